The fourth-order valence-corrected chi connectivity index (χ4v) is 2.86. The maximum absolute atomic E-state index is 12.0. The highest BCUT2D eigenvalue weighted by Crippen LogP contribution is 2.34. The second kappa shape index (κ2) is 5.51. The molecule has 1 atom stereocenters. The van der Waals surface area contributed by atoms with Crippen molar-refractivity contribution >= 4 is 9.84 Å². The van der Waals surface area contributed by atoms with Crippen molar-refractivity contribution in [1.82, 2.24) is 5.32 Å². The summed E-state index contributed by atoms with van der Waals surface area (Å²) in [7, 11) is 0.207. The molecule has 0 spiro atoms. The van der Waals surface area contributed by atoms with Gasteiger partial charge in [-0.25, -0.2) is 8.42 Å². The Morgan fingerprint density at radius 3 is 2.26 bits per heavy atom. The van der Waals surface area contributed by atoms with E-state index in [1.165, 1.54) is 6.26 Å². The van der Waals surface area contributed by atoms with Gasteiger partial charge in [0, 0.05) is 6.26 Å². The first kappa shape index (κ1) is 16.0. The molecule has 19 heavy (non-hydrogen) atoms. The molecule has 0 amide bonds. The lowest BCUT2D eigenvalue weighted by Gasteiger charge is -2.33. The molecule has 0 bridgehead atoms. The molecule has 1 rings (SSSR count). The molecule has 0 saturated heterocycles. The average Bonchev–Trinajstić information content (AvgIpc) is 2.30. The maximum Gasteiger partial charge on any atom is 0.154 e. The third kappa shape index (κ3) is 3.09. The van der Waals surface area contributed by atoms with Gasteiger partial charge in [0.1, 0.15) is 5.75 Å². The minimum atomic E-state index is -3.19. The monoisotopic (exact) mass is 285 g/mol. The average molecular weight is 285 g/mol. The third-order valence-electron chi connectivity index (χ3n) is 3.73. The molecular weight excluding hydrogens is 262 g/mol. The van der Waals surface area contributed by atoms with Crippen LogP contribution in [0, 0.1) is 6.92 Å². The van der Waals surface area contributed by atoms with Crippen molar-refractivity contribution < 1.29 is 13.2 Å². The quantitative estimate of drug-likeness (QED) is 0.900. The predicted octanol–water partition coefficient (Wildman–Crippen LogP) is 2.09. The van der Waals surface area contributed by atoms with E-state index in [0.29, 0.717) is 0 Å². The number of ether oxygens (including phenoxy) is 1. The van der Waals surface area contributed by atoms with Crippen molar-refractivity contribution in [2.45, 2.75) is 31.6 Å². The lowest BCUT2D eigenvalue weighted by molar-refractivity contribution is 0.412. The highest BCUT2D eigenvalue weighted by molar-refractivity contribution is 7.92. The minimum absolute atomic E-state index is 0.270. The lowest BCUT2D eigenvalue weighted by Crippen LogP contribution is -2.44. The number of sulfone groups is 1. The summed E-state index contributed by atoms with van der Waals surface area (Å²) in [5.74, 6) is 0.772. The highest BCUT2D eigenvalue weighted by atomic mass is 32.2. The molecule has 1 aromatic carbocycles. The number of hydrogen-bond donors (Lipinski definition) is 1. The zero-order valence-electron chi connectivity index (χ0n) is 12.4. The van der Waals surface area contributed by atoms with Crippen molar-refractivity contribution in [2.24, 2.45) is 0 Å². The van der Waals surface area contributed by atoms with Crippen molar-refractivity contribution in [2.75, 3.05) is 20.4 Å². The Morgan fingerprint density at radius 1 is 1.32 bits per heavy atom. The highest BCUT2D eigenvalue weighted by Gasteiger charge is 2.39. The molecule has 0 aliphatic carbocycles. The van der Waals surface area contributed by atoms with Gasteiger partial charge >= 0.3 is 0 Å². The van der Waals surface area contributed by atoms with Gasteiger partial charge in [-0.3, -0.25) is 0 Å². The number of hydrogen-bond acceptors (Lipinski definition) is 4. The van der Waals surface area contributed by atoms with Gasteiger partial charge in [-0.1, -0.05) is 6.07 Å². The fraction of sp³-hybridized carbons (Fsp3) is 0.571. The predicted molar refractivity (Wildman–Crippen MR) is 78.5 cm³/mol. The smallest absolute Gasteiger partial charge is 0.154 e. The van der Waals surface area contributed by atoms with E-state index in [9.17, 15) is 8.42 Å². The van der Waals surface area contributed by atoms with E-state index in [1.54, 1.807) is 28.0 Å². The second-order valence-electron chi connectivity index (χ2n) is 5.32. The summed E-state index contributed by atoms with van der Waals surface area (Å²) in [6.45, 7) is 5.45. The lowest BCUT2D eigenvalue weighted by atomic mass is 9.92. The summed E-state index contributed by atoms with van der Waals surface area (Å²) in [5, 5.41) is 3.12. The van der Waals surface area contributed by atoms with Gasteiger partial charge < -0.3 is 10.1 Å². The molecule has 1 aromatic rings. The topological polar surface area (TPSA) is 55.4 Å². The molecule has 4 nitrogen and oxygen atoms in total. The SMILES string of the molecule is CNC(c1ccc(OC)cc1C)C(C)(C)S(C)(=O)=O. The van der Waals surface area contributed by atoms with Crippen LogP contribution in [0.3, 0.4) is 0 Å². The zero-order chi connectivity index (χ0) is 14.8. The van der Waals surface area contributed by atoms with Crippen LogP contribution in [0.15, 0.2) is 18.2 Å². The first-order valence-electron chi connectivity index (χ1n) is 6.16. The molecule has 108 valence electrons. The van der Waals surface area contributed by atoms with E-state index in [1.807, 2.05) is 25.1 Å². The molecule has 0 aliphatic heterocycles. The summed E-state index contributed by atoms with van der Waals surface area (Å²) in [5.41, 5.74) is 1.98. The van der Waals surface area contributed by atoms with Gasteiger partial charge in [-0.15, -0.1) is 0 Å². The number of benzene rings is 1. The second-order valence-corrected chi connectivity index (χ2v) is 7.92. The van der Waals surface area contributed by atoms with Crippen molar-refractivity contribution in [3.05, 3.63) is 29.3 Å². The molecule has 0 aromatic heterocycles. The van der Waals surface area contributed by atoms with Crippen molar-refractivity contribution in [1.29, 1.82) is 0 Å². The summed E-state index contributed by atoms with van der Waals surface area (Å²) in [4.78, 5) is 0. The van der Waals surface area contributed by atoms with E-state index in [0.717, 1.165) is 16.9 Å². The molecule has 0 heterocycles. The molecule has 1 unspecified atom stereocenters. The van der Waals surface area contributed by atoms with Crippen LogP contribution >= 0.6 is 0 Å². The number of aryl methyl sites for hydroxylation is 1. The Kier molecular flexibility index (Phi) is 4.63. The molecule has 0 fully saturated rings. The van der Waals surface area contributed by atoms with Gasteiger partial charge in [-0.2, -0.15) is 0 Å². The van der Waals surface area contributed by atoms with Crippen LogP contribution in [0.25, 0.3) is 0 Å². The van der Waals surface area contributed by atoms with E-state index in [2.05, 4.69) is 5.32 Å². The Balaban J connectivity index is 3.33. The summed E-state index contributed by atoms with van der Waals surface area (Å²) in [6, 6.07) is 5.42. The van der Waals surface area contributed by atoms with Gasteiger partial charge in [0.05, 0.1) is 17.9 Å². The van der Waals surface area contributed by atoms with E-state index in [-0.39, 0.29) is 6.04 Å². The summed E-state index contributed by atoms with van der Waals surface area (Å²) in [6.07, 6.45) is 1.27. The van der Waals surface area contributed by atoms with Gasteiger partial charge in [0.25, 0.3) is 0 Å². The van der Waals surface area contributed by atoms with Crippen LogP contribution in [-0.2, 0) is 9.84 Å². The minimum Gasteiger partial charge on any atom is -0.497 e. The van der Waals surface area contributed by atoms with E-state index in [4.69, 9.17) is 4.74 Å². The molecule has 5 heteroatoms. The zero-order valence-corrected chi connectivity index (χ0v) is 13.3. The molecule has 0 aliphatic rings. The van der Waals surface area contributed by atoms with Gasteiger partial charge in [0.2, 0.25) is 0 Å². The Bertz CT molecular complexity index is 550. The standard InChI is InChI=1S/C14H23NO3S/c1-10-9-11(18-5)7-8-12(10)13(15-4)14(2,3)19(6,16)17/h7-9,13,15H,1-6H3. The third-order valence-corrected chi connectivity index (χ3v) is 5.87. The van der Waals surface area contributed by atoms with E-state index < -0.39 is 14.6 Å². The summed E-state index contributed by atoms with van der Waals surface area (Å²) >= 11 is 0. The molecular formula is C14H23NO3S. The Labute approximate surface area is 116 Å². The van der Waals surface area contributed by atoms with E-state index >= 15 is 0 Å². The maximum atomic E-state index is 12.0. The fourth-order valence-electron chi connectivity index (χ4n) is 2.19. The van der Waals surface area contributed by atoms with Crippen LogP contribution in [-0.4, -0.2) is 33.6 Å². The first-order valence-corrected chi connectivity index (χ1v) is 8.05. The van der Waals surface area contributed by atoms with Crippen LogP contribution < -0.4 is 10.1 Å². The Morgan fingerprint density at radius 2 is 1.89 bits per heavy atom. The Hall–Kier alpha value is -1.07. The van der Waals surface area contributed by atoms with Crippen LogP contribution in [0.4, 0.5) is 0 Å². The first-order chi connectivity index (χ1) is 8.65. The van der Waals surface area contributed by atoms with Crippen LogP contribution in [0.2, 0.25) is 0 Å². The number of methoxy groups -OCH3 is 1. The van der Waals surface area contributed by atoms with Crippen LogP contribution in [0.5, 0.6) is 5.75 Å². The normalized spacial score (nSPS) is 14.2. The van der Waals surface area contributed by atoms with Gasteiger partial charge in [-0.05, 0) is 51.1 Å². The van der Waals surface area contributed by atoms with Crippen LogP contribution in [0.1, 0.15) is 31.0 Å². The largest absolute Gasteiger partial charge is 0.497 e. The van der Waals surface area contributed by atoms with Gasteiger partial charge in [0.15, 0.2) is 9.84 Å². The van der Waals surface area contributed by atoms with Crippen molar-refractivity contribution in [3.63, 3.8) is 0 Å². The number of nitrogens with one attached hydrogen (secondary N) is 1. The van der Waals surface area contributed by atoms with Crippen molar-refractivity contribution in [3.8, 4) is 5.75 Å². The molecule has 0 radical (unpaired) electrons. The molecule has 0 saturated carbocycles. The number of rotatable bonds is 5. The molecule has 1 N–H and O–H groups in total. The summed E-state index contributed by atoms with van der Waals surface area (Å²) < 4.78 is 28.3.